The van der Waals surface area contributed by atoms with Crippen molar-refractivity contribution in [3.05, 3.63) is 52.6 Å². The number of hydrogen-bond donors (Lipinski definition) is 2. The van der Waals surface area contributed by atoms with Gasteiger partial charge in [-0.3, -0.25) is 25.1 Å². The van der Waals surface area contributed by atoms with Crippen molar-refractivity contribution < 1.29 is 18.7 Å². The molecule has 2 amide bonds. The normalized spacial score (nSPS) is 12.0. The number of rotatable bonds is 8. The van der Waals surface area contributed by atoms with Crippen LogP contribution in [-0.4, -0.2) is 27.7 Å². The lowest BCUT2D eigenvalue weighted by atomic mass is 10.2. The van der Waals surface area contributed by atoms with E-state index in [1.807, 2.05) is 6.92 Å². The summed E-state index contributed by atoms with van der Waals surface area (Å²) < 4.78 is 20.0. The Balaban J connectivity index is 1.86. The largest absolute Gasteiger partial charge is 0.481 e. The third kappa shape index (κ3) is 6.60. The van der Waals surface area contributed by atoms with Crippen LogP contribution in [0.25, 0.3) is 6.08 Å². The van der Waals surface area contributed by atoms with E-state index in [2.05, 4.69) is 22.9 Å². The molecule has 2 aromatic rings. The molecule has 0 aliphatic carbocycles. The van der Waals surface area contributed by atoms with Crippen LogP contribution in [0.3, 0.4) is 0 Å². The number of halogens is 2. The first-order chi connectivity index (χ1) is 13.8. The monoisotopic (exact) mass is 422 g/mol. The van der Waals surface area contributed by atoms with Crippen LogP contribution in [0.5, 0.6) is 5.75 Å². The SMILES string of the molecule is CCCCn1nc(C)c(/C=C/C(=O)NNC(=O)[C@H](C)Oc2ccc(F)cc2)c1Cl. The summed E-state index contributed by atoms with van der Waals surface area (Å²) in [5.74, 6) is -1.16. The molecule has 0 spiro atoms. The summed E-state index contributed by atoms with van der Waals surface area (Å²) in [6, 6.07) is 5.27. The van der Waals surface area contributed by atoms with Crippen LogP contribution < -0.4 is 15.6 Å². The molecule has 2 N–H and O–H groups in total. The van der Waals surface area contributed by atoms with Gasteiger partial charge in [-0.15, -0.1) is 0 Å². The number of nitrogens with zero attached hydrogens (tertiary/aromatic N) is 2. The van der Waals surface area contributed by atoms with E-state index in [0.29, 0.717) is 28.7 Å². The number of nitrogens with one attached hydrogen (secondary N) is 2. The van der Waals surface area contributed by atoms with Crippen molar-refractivity contribution in [2.75, 3.05) is 0 Å². The van der Waals surface area contributed by atoms with E-state index >= 15 is 0 Å². The van der Waals surface area contributed by atoms with Crippen molar-refractivity contribution in [1.82, 2.24) is 20.6 Å². The number of carbonyl (C=O) groups excluding carboxylic acids is 2. The first-order valence-electron chi connectivity index (χ1n) is 9.24. The summed E-state index contributed by atoms with van der Waals surface area (Å²) in [6.07, 6.45) is 3.89. The van der Waals surface area contributed by atoms with Crippen molar-refractivity contribution >= 4 is 29.5 Å². The van der Waals surface area contributed by atoms with Crippen LogP contribution in [-0.2, 0) is 16.1 Å². The number of hydrazine groups is 1. The zero-order chi connectivity index (χ0) is 21.4. The Labute approximate surface area is 173 Å². The molecule has 0 aliphatic heterocycles. The number of aromatic nitrogens is 2. The van der Waals surface area contributed by atoms with Gasteiger partial charge in [0.1, 0.15) is 16.7 Å². The van der Waals surface area contributed by atoms with Crippen LogP contribution in [0.2, 0.25) is 5.15 Å². The van der Waals surface area contributed by atoms with Gasteiger partial charge in [-0.1, -0.05) is 24.9 Å². The molecule has 1 atom stereocenters. The molecule has 0 saturated carbocycles. The molecule has 1 aromatic heterocycles. The molecule has 2 rings (SSSR count). The molecule has 0 unspecified atom stereocenters. The summed E-state index contributed by atoms with van der Waals surface area (Å²) in [5, 5.41) is 4.82. The van der Waals surface area contributed by atoms with Crippen LogP contribution in [0.4, 0.5) is 4.39 Å². The van der Waals surface area contributed by atoms with Gasteiger partial charge >= 0.3 is 0 Å². The predicted molar refractivity (Wildman–Crippen MR) is 109 cm³/mol. The quantitative estimate of drug-likeness (QED) is 0.504. The van der Waals surface area contributed by atoms with E-state index in [4.69, 9.17) is 16.3 Å². The fourth-order valence-electron chi connectivity index (χ4n) is 2.41. The van der Waals surface area contributed by atoms with E-state index in [1.165, 1.54) is 37.3 Å². The fraction of sp³-hybridized carbons (Fsp3) is 0.350. The zero-order valence-electron chi connectivity index (χ0n) is 16.5. The lowest BCUT2D eigenvalue weighted by molar-refractivity contribution is -0.131. The Hall–Kier alpha value is -2.87. The van der Waals surface area contributed by atoms with Gasteiger partial charge in [-0.2, -0.15) is 5.10 Å². The average Bonchev–Trinajstić information content (AvgIpc) is 2.97. The molecule has 7 nitrogen and oxygen atoms in total. The first kappa shape index (κ1) is 22.4. The molecule has 1 heterocycles. The predicted octanol–water partition coefficient (Wildman–Crippen LogP) is 3.41. The number of benzene rings is 1. The maximum absolute atomic E-state index is 12.9. The van der Waals surface area contributed by atoms with Crippen LogP contribution >= 0.6 is 11.6 Å². The highest BCUT2D eigenvalue weighted by molar-refractivity contribution is 6.31. The average molecular weight is 423 g/mol. The maximum Gasteiger partial charge on any atom is 0.279 e. The molecule has 0 saturated heterocycles. The highest BCUT2D eigenvalue weighted by Crippen LogP contribution is 2.21. The van der Waals surface area contributed by atoms with Crippen molar-refractivity contribution in [3.63, 3.8) is 0 Å². The smallest absolute Gasteiger partial charge is 0.279 e. The molecule has 0 fully saturated rings. The molecule has 29 heavy (non-hydrogen) atoms. The standard InChI is InChI=1S/C20H24ClFN4O3/c1-4-5-12-26-19(21)17(13(2)25-26)10-11-18(27)23-24-20(28)14(3)29-16-8-6-15(22)7-9-16/h6-11,14H,4-5,12H2,1-3H3,(H,23,27)(H,24,28)/b11-10+/t14-/m0/s1. The summed E-state index contributed by atoms with van der Waals surface area (Å²) >= 11 is 6.31. The minimum absolute atomic E-state index is 0.338. The third-order valence-corrected chi connectivity index (χ3v) is 4.44. The van der Waals surface area contributed by atoms with Crippen LogP contribution in [0.15, 0.2) is 30.3 Å². The highest BCUT2D eigenvalue weighted by atomic mass is 35.5. The second-order valence-corrected chi connectivity index (χ2v) is 6.75. The Morgan fingerprint density at radius 2 is 2.00 bits per heavy atom. The number of hydrogen-bond acceptors (Lipinski definition) is 4. The molecule has 0 bridgehead atoms. The van der Waals surface area contributed by atoms with Gasteiger partial charge in [0.2, 0.25) is 0 Å². The van der Waals surface area contributed by atoms with Crippen molar-refractivity contribution in [2.24, 2.45) is 0 Å². The maximum atomic E-state index is 12.9. The minimum atomic E-state index is -0.891. The third-order valence-electron chi connectivity index (χ3n) is 4.04. The van der Waals surface area contributed by atoms with Crippen molar-refractivity contribution in [3.8, 4) is 5.75 Å². The van der Waals surface area contributed by atoms with Crippen molar-refractivity contribution in [1.29, 1.82) is 0 Å². The van der Waals surface area contributed by atoms with Gasteiger partial charge in [-0.05, 0) is 50.6 Å². The zero-order valence-corrected chi connectivity index (χ0v) is 17.3. The van der Waals surface area contributed by atoms with E-state index < -0.39 is 23.7 Å². The summed E-state index contributed by atoms with van der Waals surface area (Å²) in [5.41, 5.74) is 5.90. The van der Waals surface area contributed by atoms with Gasteiger partial charge in [0.25, 0.3) is 11.8 Å². The molecule has 1 aromatic carbocycles. The van der Waals surface area contributed by atoms with E-state index in [1.54, 1.807) is 10.8 Å². The molecule has 0 radical (unpaired) electrons. The number of ether oxygens (including phenoxy) is 1. The van der Waals surface area contributed by atoms with Gasteiger partial charge < -0.3 is 4.74 Å². The summed E-state index contributed by atoms with van der Waals surface area (Å²) in [7, 11) is 0. The number of carbonyl (C=O) groups is 2. The molecular weight excluding hydrogens is 399 g/mol. The summed E-state index contributed by atoms with van der Waals surface area (Å²) in [4.78, 5) is 24.0. The molecule has 156 valence electrons. The molecule has 0 aliphatic rings. The van der Waals surface area contributed by atoms with Gasteiger partial charge in [-0.25, -0.2) is 4.39 Å². The van der Waals surface area contributed by atoms with Gasteiger partial charge in [0.15, 0.2) is 6.10 Å². The molecular formula is C20H24ClFN4O3. The van der Waals surface area contributed by atoms with Gasteiger partial charge in [0, 0.05) is 18.2 Å². The number of aryl methyl sites for hydroxylation is 2. The van der Waals surface area contributed by atoms with Gasteiger partial charge in [0.05, 0.1) is 5.69 Å². The Morgan fingerprint density at radius 3 is 2.66 bits per heavy atom. The second-order valence-electron chi connectivity index (χ2n) is 6.39. The Kier molecular flexibility index (Phi) is 8.21. The number of amides is 2. The second kappa shape index (κ2) is 10.6. The lowest BCUT2D eigenvalue weighted by Crippen LogP contribution is -2.46. The highest BCUT2D eigenvalue weighted by Gasteiger charge is 2.15. The number of unbranched alkanes of at least 4 members (excludes halogenated alkanes) is 1. The van der Waals surface area contributed by atoms with Crippen LogP contribution in [0, 0.1) is 12.7 Å². The lowest BCUT2D eigenvalue weighted by Gasteiger charge is -2.14. The summed E-state index contributed by atoms with van der Waals surface area (Å²) in [6.45, 7) is 6.10. The van der Waals surface area contributed by atoms with E-state index in [9.17, 15) is 14.0 Å². The Bertz CT molecular complexity index is 881. The topological polar surface area (TPSA) is 85.3 Å². The Morgan fingerprint density at radius 1 is 1.31 bits per heavy atom. The first-order valence-corrected chi connectivity index (χ1v) is 9.62. The van der Waals surface area contributed by atoms with E-state index in [0.717, 1.165) is 12.8 Å². The van der Waals surface area contributed by atoms with Crippen LogP contribution in [0.1, 0.15) is 37.9 Å². The minimum Gasteiger partial charge on any atom is -0.481 e. The molecule has 9 heteroatoms. The van der Waals surface area contributed by atoms with E-state index in [-0.39, 0.29) is 0 Å². The van der Waals surface area contributed by atoms with Crippen molar-refractivity contribution in [2.45, 2.75) is 46.3 Å². The fourth-order valence-corrected chi connectivity index (χ4v) is 2.73.